The molecule has 0 aliphatic heterocycles. The zero-order valence-electron chi connectivity index (χ0n) is 15.2. The van der Waals surface area contributed by atoms with Gasteiger partial charge in [0.25, 0.3) is 0 Å². The van der Waals surface area contributed by atoms with Gasteiger partial charge in [-0.2, -0.15) is 0 Å². The molecule has 0 bridgehead atoms. The molecule has 4 saturated carbocycles. The number of hydrogen-bond donors (Lipinski definition) is 0. The molecule has 0 aromatic heterocycles. The molecule has 0 saturated heterocycles. The third-order valence-corrected chi connectivity index (χ3v) is 8.87. The van der Waals surface area contributed by atoms with Gasteiger partial charge in [-0.25, -0.2) is 0 Å². The predicted octanol–water partition coefficient (Wildman–Crippen LogP) is 6.84. The molecule has 5 atom stereocenters. The topological polar surface area (TPSA) is 0 Å². The minimum Gasteiger partial charge on any atom is -0.0594 e. The second-order valence-corrected chi connectivity index (χ2v) is 10.0. The normalized spacial score (nSPS) is 43.6. The van der Waals surface area contributed by atoms with E-state index in [-0.39, 0.29) is 0 Å². The molecule has 4 fully saturated rings. The van der Waals surface area contributed by atoms with Gasteiger partial charge in [0.1, 0.15) is 0 Å². The van der Waals surface area contributed by atoms with E-state index in [1.807, 2.05) is 0 Å². The Balaban J connectivity index is 1.43. The van der Waals surface area contributed by atoms with Crippen LogP contribution in [0.1, 0.15) is 97.3 Å². The van der Waals surface area contributed by atoms with Gasteiger partial charge >= 0.3 is 0 Å². The molecule has 0 N–H and O–H groups in total. The highest BCUT2D eigenvalue weighted by Gasteiger charge is 2.49. The predicted molar refractivity (Wildman–Crippen MR) is 94.7 cm³/mol. The molecule has 0 heterocycles. The van der Waals surface area contributed by atoms with Crippen molar-refractivity contribution in [3.63, 3.8) is 0 Å². The van der Waals surface area contributed by atoms with Crippen LogP contribution in [0.5, 0.6) is 0 Å². The standard InChI is InChI=1S/C22H38/c1-22(2,18-9-4-3-5-10-18)19-12-13-21-17(15-19)14-16-8-6-7-11-20(16)21/h16-21H,3-15H2,1-2H3. The highest BCUT2D eigenvalue weighted by molar-refractivity contribution is 4.99. The van der Waals surface area contributed by atoms with E-state index in [0.717, 1.165) is 35.5 Å². The minimum atomic E-state index is 0.624. The number of hydrogen-bond acceptors (Lipinski definition) is 0. The van der Waals surface area contributed by atoms with Gasteiger partial charge in [-0.1, -0.05) is 52.4 Å². The van der Waals surface area contributed by atoms with Crippen LogP contribution in [0.15, 0.2) is 0 Å². The van der Waals surface area contributed by atoms with Crippen LogP contribution in [0.25, 0.3) is 0 Å². The molecule has 0 heteroatoms. The maximum Gasteiger partial charge on any atom is -0.0297 e. The largest absolute Gasteiger partial charge is 0.0594 e. The van der Waals surface area contributed by atoms with Gasteiger partial charge in [-0.15, -0.1) is 0 Å². The Morgan fingerprint density at radius 3 is 2.05 bits per heavy atom. The minimum absolute atomic E-state index is 0.624. The molecule has 0 aromatic carbocycles. The summed E-state index contributed by atoms with van der Waals surface area (Å²) in [4.78, 5) is 0. The van der Waals surface area contributed by atoms with Crippen LogP contribution in [0.3, 0.4) is 0 Å². The lowest BCUT2D eigenvalue weighted by molar-refractivity contribution is 0.0247. The number of fused-ring (bicyclic) bond motifs is 3. The van der Waals surface area contributed by atoms with Gasteiger partial charge in [-0.05, 0) is 85.9 Å². The Morgan fingerprint density at radius 1 is 0.545 bits per heavy atom. The maximum atomic E-state index is 2.65. The lowest BCUT2D eigenvalue weighted by Gasteiger charge is -2.47. The Labute approximate surface area is 138 Å². The molecule has 0 nitrogen and oxygen atoms in total. The summed E-state index contributed by atoms with van der Waals surface area (Å²) in [6, 6.07) is 0. The summed E-state index contributed by atoms with van der Waals surface area (Å²) >= 11 is 0. The summed E-state index contributed by atoms with van der Waals surface area (Å²) in [5.41, 5.74) is 0.624. The molecule has 126 valence electrons. The highest BCUT2D eigenvalue weighted by atomic mass is 14.5. The Morgan fingerprint density at radius 2 is 1.23 bits per heavy atom. The summed E-state index contributed by atoms with van der Waals surface area (Å²) in [5, 5.41) is 0. The molecular weight excluding hydrogens is 264 g/mol. The van der Waals surface area contributed by atoms with E-state index in [0.29, 0.717) is 5.41 Å². The van der Waals surface area contributed by atoms with Gasteiger partial charge < -0.3 is 0 Å². The van der Waals surface area contributed by atoms with Crippen molar-refractivity contribution < 1.29 is 0 Å². The molecule has 0 radical (unpaired) electrons. The fraction of sp³-hybridized carbons (Fsp3) is 1.00. The van der Waals surface area contributed by atoms with Crippen LogP contribution in [0, 0.1) is 40.9 Å². The molecule has 4 rings (SSSR count). The van der Waals surface area contributed by atoms with Gasteiger partial charge in [-0.3, -0.25) is 0 Å². The summed E-state index contributed by atoms with van der Waals surface area (Å²) in [5.74, 6) is 6.62. The number of rotatable bonds is 2. The smallest absolute Gasteiger partial charge is 0.0297 e. The van der Waals surface area contributed by atoms with Crippen LogP contribution in [0.2, 0.25) is 0 Å². The van der Waals surface area contributed by atoms with Crippen molar-refractivity contribution in [1.29, 1.82) is 0 Å². The monoisotopic (exact) mass is 302 g/mol. The Kier molecular flexibility index (Phi) is 4.33. The third-order valence-electron chi connectivity index (χ3n) is 8.87. The van der Waals surface area contributed by atoms with E-state index in [2.05, 4.69) is 13.8 Å². The summed E-state index contributed by atoms with van der Waals surface area (Å²) in [6.45, 7) is 5.30. The first-order valence-electron chi connectivity index (χ1n) is 10.7. The van der Waals surface area contributed by atoms with Crippen molar-refractivity contribution in [2.45, 2.75) is 97.3 Å². The first-order valence-corrected chi connectivity index (χ1v) is 10.7. The van der Waals surface area contributed by atoms with Gasteiger partial charge in [0, 0.05) is 0 Å². The van der Waals surface area contributed by atoms with Crippen LogP contribution in [-0.4, -0.2) is 0 Å². The molecule has 0 amide bonds. The lowest BCUT2D eigenvalue weighted by atomic mass is 9.58. The zero-order chi connectivity index (χ0) is 15.2. The first-order chi connectivity index (χ1) is 10.7. The Bertz CT molecular complexity index is 375. The zero-order valence-corrected chi connectivity index (χ0v) is 15.2. The molecule has 0 aromatic rings. The van der Waals surface area contributed by atoms with Crippen LogP contribution in [0.4, 0.5) is 0 Å². The second-order valence-electron chi connectivity index (χ2n) is 10.0. The van der Waals surface area contributed by atoms with E-state index in [1.165, 1.54) is 38.5 Å². The summed E-state index contributed by atoms with van der Waals surface area (Å²) < 4.78 is 0. The second kappa shape index (κ2) is 6.14. The van der Waals surface area contributed by atoms with E-state index >= 15 is 0 Å². The quantitative estimate of drug-likeness (QED) is 0.524. The van der Waals surface area contributed by atoms with Crippen LogP contribution in [-0.2, 0) is 0 Å². The van der Waals surface area contributed by atoms with E-state index in [9.17, 15) is 0 Å². The van der Waals surface area contributed by atoms with E-state index in [4.69, 9.17) is 0 Å². The fourth-order valence-corrected chi connectivity index (χ4v) is 7.46. The van der Waals surface area contributed by atoms with Crippen molar-refractivity contribution in [2.75, 3.05) is 0 Å². The van der Waals surface area contributed by atoms with Crippen molar-refractivity contribution in [1.82, 2.24) is 0 Å². The molecule has 0 spiro atoms. The molecule has 5 unspecified atom stereocenters. The first kappa shape index (κ1) is 15.5. The summed E-state index contributed by atoms with van der Waals surface area (Å²) in [7, 11) is 0. The van der Waals surface area contributed by atoms with Gasteiger partial charge in [0.15, 0.2) is 0 Å². The SMILES string of the molecule is CC(C)(C1CCCCC1)C1CCC2C(CC3CCCCC32)C1. The average Bonchev–Trinajstić information content (AvgIpc) is 2.93. The fourth-order valence-electron chi connectivity index (χ4n) is 7.46. The van der Waals surface area contributed by atoms with Crippen LogP contribution >= 0.6 is 0 Å². The van der Waals surface area contributed by atoms with Crippen molar-refractivity contribution >= 4 is 0 Å². The Hall–Kier alpha value is 0. The molecular formula is C22H38. The van der Waals surface area contributed by atoms with Crippen molar-refractivity contribution in [3.05, 3.63) is 0 Å². The van der Waals surface area contributed by atoms with Crippen molar-refractivity contribution in [3.8, 4) is 0 Å². The molecule has 22 heavy (non-hydrogen) atoms. The molecule has 4 aliphatic rings. The van der Waals surface area contributed by atoms with E-state index in [1.54, 1.807) is 44.9 Å². The lowest BCUT2D eigenvalue weighted by Crippen LogP contribution is -2.38. The van der Waals surface area contributed by atoms with Gasteiger partial charge in [0.05, 0.1) is 0 Å². The summed E-state index contributed by atoms with van der Waals surface area (Å²) in [6.07, 6.45) is 20.2. The van der Waals surface area contributed by atoms with Crippen LogP contribution < -0.4 is 0 Å². The maximum absolute atomic E-state index is 2.65. The average molecular weight is 303 g/mol. The van der Waals surface area contributed by atoms with Gasteiger partial charge in [0.2, 0.25) is 0 Å². The highest BCUT2D eigenvalue weighted by Crippen LogP contribution is 2.58. The van der Waals surface area contributed by atoms with E-state index < -0.39 is 0 Å². The molecule has 4 aliphatic carbocycles. The third kappa shape index (κ3) is 2.67. The van der Waals surface area contributed by atoms with Crippen molar-refractivity contribution in [2.24, 2.45) is 40.9 Å².